The van der Waals surface area contributed by atoms with Crippen LogP contribution in [0.25, 0.3) is 0 Å². The fourth-order valence-corrected chi connectivity index (χ4v) is 3.04. The number of nitrogens with zero attached hydrogens (tertiary/aromatic N) is 2. The molecule has 0 bridgehead atoms. The van der Waals surface area contributed by atoms with Crippen molar-refractivity contribution in [3.05, 3.63) is 34.8 Å². The van der Waals surface area contributed by atoms with Gasteiger partial charge in [0.15, 0.2) is 0 Å². The van der Waals surface area contributed by atoms with E-state index in [1.165, 1.54) is 0 Å². The third kappa shape index (κ3) is 2.62. The van der Waals surface area contributed by atoms with Crippen LogP contribution in [0.15, 0.2) is 29.2 Å². The molecular weight excluding hydrogens is 274 g/mol. The third-order valence-corrected chi connectivity index (χ3v) is 4.21. The first kappa shape index (κ1) is 13.3. The van der Waals surface area contributed by atoms with E-state index in [9.17, 15) is 4.79 Å². The molecule has 1 fully saturated rings. The fraction of sp³-hybridized carbons (Fsp3) is 0.429. The second-order valence-corrected chi connectivity index (χ2v) is 5.60. The maximum absolute atomic E-state index is 12.4. The van der Waals surface area contributed by atoms with Crippen molar-refractivity contribution in [2.45, 2.75) is 26.0 Å². The van der Waals surface area contributed by atoms with Gasteiger partial charge in [-0.1, -0.05) is 0 Å². The number of nitrogens with one attached hydrogen (secondary N) is 1. The van der Waals surface area contributed by atoms with Crippen LogP contribution in [-0.2, 0) is 16.1 Å². The summed E-state index contributed by atoms with van der Waals surface area (Å²) in [5.74, 6) is -0.125. The molecule has 0 aromatic carbocycles. The van der Waals surface area contributed by atoms with Crippen LogP contribution in [0.4, 0.5) is 5.69 Å². The van der Waals surface area contributed by atoms with Crippen LogP contribution in [-0.4, -0.2) is 22.3 Å². The zero-order chi connectivity index (χ0) is 13.9. The van der Waals surface area contributed by atoms with E-state index in [1.54, 1.807) is 17.5 Å². The molecule has 1 amide bonds. The Labute approximate surface area is 121 Å². The molecule has 1 N–H and O–H groups in total. The predicted molar refractivity (Wildman–Crippen MR) is 77.6 cm³/mol. The molecule has 3 heterocycles. The lowest BCUT2D eigenvalue weighted by molar-refractivity contribution is -0.121. The van der Waals surface area contributed by atoms with Crippen LogP contribution >= 0.6 is 11.3 Å². The van der Waals surface area contributed by atoms with Crippen molar-refractivity contribution >= 4 is 22.9 Å². The van der Waals surface area contributed by atoms with Gasteiger partial charge in [0.2, 0.25) is 5.91 Å². The Kier molecular flexibility index (Phi) is 3.84. The lowest BCUT2D eigenvalue weighted by atomic mass is 9.96. The van der Waals surface area contributed by atoms with Gasteiger partial charge in [-0.05, 0) is 24.8 Å². The van der Waals surface area contributed by atoms with Crippen LogP contribution < -0.4 is 5.32 Å². The SMILES string of the molecule is CCn1cc([C@H]2OCC[C@@H]2C(=O)Nc2ccsc2)cn1. The molecule has 0 radical (unpaired) electrons. The number of aryl methyl sites for hydroxylation is 1. The number of hydrogen-bond acceptors (Lipinski definition) is 4. The van der Waals surface area contributed by atoms with Gasteiger partial charge in [0.1, 0.15) is 0 Å². The maximum atomic E-state index is 12.4. The van der Waals surface area contributed by atoms with Crippen molar-refractivity contribution in [2.24, 2.45) is 5.92 Å². The summed E-state index contributed by atoms with van der Waals surface area (Å²) >= 11 is 1.57. The molecule has 106 valence electrons. The number of ether oxygens (including phenoxy) is 1. The Morgan fingerprint density at radius 3 is 3.25 bits per heavy atom. The molecule has 0 aliphatic carbocycles. The van der Waals surface area contributed by atoms with Gasteiger partial charge < -0.3 is 10.1 Å². The van der Waals surface area contributed by atoms with Crippen molar-refractivity contribution in [3.8, 4) is 0 Å². The topological polar surface area (TPSA) is 56.1 Å². The summed E-state index contributed by atoms with van der Waals surface area (Å²) in [7, 11) is 0. The molecule has 1 saturated heterocycles. The molecular formula is C14H17N3O2S. The average Bonchev–Trinajstić information content (AvgIpc) is 3.19. The Balaban J connectivity index is 1.73. The van der Waals surface area contributed by atoms with Crippen LogP contribution in [0.2, 0.25) is 0 Å². The number of hydrogen-bond donors (Lipinski definition) is 1. The average molecular weight is 291 g/mol. The van der Waals surface area contributed by atoms with E-state index >= 15 is 0 Å². The summed E-state index contributed by atoms with van der Waals surface area (Å²) in [5, 5.41) is 11.1. The quantitative estimate of drug-likeness (QED) is 0.942. The van der Waals surface area contributed by atoms with Crippen LogP contribution in [0.1, 0.15) is 25.0 Å². The van der Waals surface area contributed by atoms with Gasteiger partial charge in [0, 0.05) is 30.3 Å². The molecule has 2 atom stereocenters. The summed E-state index contributed by atoms with van der Waals surface area (Å²) in [5.41, 5.74) is 1.84. The molecule has 1 aliphatic heterocycles. The predicted octanol–water partition coefficient (Wildman–Crippen LogP) is 2.68. The van der Waals surface area contributed by atoms with Crippen molar-refractivity contribution in [1.29, 1.82) is 0 Å². The molecule has 5 nitrogen and oxygen atoms in total. The van der Waals surface area contributed by atoms with Gasteiger partial charge in [-0.15, -0.1) is 0 Å². The lowest BCUT2D eigenvalue weighted by Crippen LogP contribution is -2.25. The summed E-state index contributed by atoms with van der Waals surface area (Å²) in [6.45, 7) is 3.47. The lowest BCUT2D eigenvalue weighted by Gasteiger charge is -2.16. The highest BCUT2D eigenvalue weighted by Crippen LogP contribution is 2.35. The third-order valence-electron chi connectivity index (χ3n) is 3.52. The number of carbonyl (C=O) groups excluding carboxylic acids is 1. The standard InChI is InChI=1S/C14H17N3O2S/c1-2-17-8-10(7-15-17)13-12(3-5-19-13)14(18)16-11-4-6-20-9-11/h4,6-9,12-13H,2-3,5H2,1H3,(H,16,18)/t12-,13+/m0/s1. The van der Waals surface area contributed by atoms with Crippen molar-refractivity contribution < 1.29 is 9.53 Å². The van der Waals surface area contributed by atoms with E-state index in [0.717, 1.165) is 24.2 Å². The second-order valence-electron chi connectivity index (χ2n) is 4.82. The van der Waals surface area contributed by atoms with Gasteiger partial charge in [-0.2, -0.15) is 16.4 Å². The second kappa shape index (κ2) is 5.76. The number of thiophene rings is 1. The summed E-state index contributed by atoms with van der Waals surface area (Å²) < 4.78 is 7.59. The van der Waals surface area contributed by atoms with Gasteiger partial charge in [-0.25, -0.2) is 0 Å². The summed E-state index contributed by atoms with van der Waals surface area (Å²) in [4.78, 5) is 12.4. The minimum Gasteiger partial charge on any atom is -0.373 e. The minimum absolute atomic E-state index is 0.0233. The maximum Gasteiger partial charge on any atom is 0.230 e. The Morgan fingerprint density at radius 1 is 1.65 bits per heavy atom. The molecule has 0 saturated carbocycles. The van der Waals surface area contributed by atoms with E-state index in [4.69, 9.17) is 4.74 Å². The largest absolute Gasteiger partial charge is 0.373 e. The molecule has 2 aromatic rings. The first-order valence-electron chi connectivity index (χ1n) is 6.75. The monoisotopic (exact) mass is 291 g/mol. The van der Waals surface area contributed by atoms with Crippen molar-refractivity contribution in [2.75, 3.05) is 11.9 Å². The van der Waals surface area contributed by atoms with E-state index < -0.39 is 0 Å². The number of rotatable bonds is 4. The molecule has 1 aliphatic rings. The number of anilines is 1. The van der Waals surface area contributed by atoms with Gasteiger partial charge in [0.05, 0.1) is 23.9 Å². The summed E-state index contributed by atoms with van der Waals surface area (Å²) in [6.07, 6.45) is 4.32. The van der Waals surface area contributed by atoms with E-state index in [1.807, 2.05) is 34.6 Å². The van der Waals surface area contributed by atoms with E-state index in [0.29, 0.717) is 6.61 Å². The highest BCUT2D eigenvalue weighted by Gasteiger charge is 2.36. The molecule has 0 unspecified atom stereocenters. The van der Waals surface area contributed by atoms with Gasteiger partial charge in [0.25, 0.3) is 0 Å². The molecule has 6 heteroatoms. The van der Waals surface area contributed by atoms with Crippen LogP contribution in [0.5, 0.6) is 0 Å². The number of aromatic nitrogens is 2. The molecule has 20 heavy (non-hydrogen) atoms. The van der Waals surface area contributed by atoms with E-state index in [2.05, 4.69) is 10.4 Å². The Bertz CT molecular complexity index is 579. The molecule has 0 spiro atoms. The highest BCUT2D eigenvalue weighted by molar-refractivity contribution is 7.08. The zero-order valence-electron chi connectivity index (χ0n) is 11.3. The van der Waals surface area contributed by atoms with Crippen LogP contribution in [0, 0.1) is 5.92 Å². The van der Waals surface area contributed by atoms with Crippen molar-refractivity contribution in [3.63, 3.8) is 0 Å². The molecule has 2 aromatic heterocycles. The first-order valence-corrected chi connectivity index (χ1v) is 7.69. The summed E-state index contributed by atoms with van der Waals surface area (Å²) in [6, 6.07) is 1.91. The smallest absolute Gasteiger partial charge is 0.230 e. The highest BCUT2D eigenvalue weighted by atomic mass is 32.1. The number of carbonyl (C=O) groups is 1. The van der Waals surface area contributed by atoms with Crippen LogP contribution in [0.3, 0.4) is 0 Å². The Morgan fingerprint density at radius 2 is 2.55 bits per heavy atom. The van der Waals surface area contributed by atoms with E-state index in [-0.39, 0.29) is 17.9 Å². The Hall–Kier alpha value is -1.66. The zero-order valence-corrected chi connectivity index (χ0v) is 12.1. The fourth-order valence-electron chi connectivity index (χ4n) is 2.46. The van der Waals surface area contributed by atoms with Crippen molar-refractivity contribution in [1.82, 2.24) is 9.78 Å². The minimum atomic E-state index is -0.186. The van der Waals surface area contributed by atoms with Gasteiger partial charge in [-0.3, -0.25) is 9.48 Å². The molecule has 3 rings (SSSR count). The van der Waals surface area contributed by atoms with Gasteiger partial charge >= 0.3 is 0 Å². The number of amides is 1. The normalized spacial score (nSPS) is 22.1. The first-order chi connectivity index (χ1) is 9.78.